The Balaban J connectivity index is 2.09. The molecule has 26 heavy (non-hydrogen) atoms. The SMILES string of the molecule is CCC(C)NC(=O)c1cccc(C(=O)Nc2ccc(C(=O)OC)cc2)n1. The van der Waals surface area contributed by atoms with Crippen molar-refractivity contribution < 1.29 is 19.1 Å². The van der Waals surface area contributed by atoms with Crippen LogP contribution >= 0.6 is 0 Å². The Labute approximate surface area is 151 Å². The van der Waals surface area contributed by atoms with E-state index in [-0.39, 0.29) is 23.3 Å². The fraction of sp³-hybridized carbons (Fsp3) is 0.263. The molecule has 0 spiro atoms. The van der Waals surface area contributed by atoms with Gasteiger partial charge in [-0.25, -0.2) is 9.78 Å². The van der Waals surface area contributed by atoms with Crippen molar-refractivity contribution >= 4 is 23.5 Å². The summed E-state index contributed by atoms with van der Waals surface area (Å²) in [5.41, 5.74) is 1.18. The average Bonchev–Trinajstić information content (AvgIpc) is 2.67. The van der Waals surface area contributed by atoms with E-state index in [1.54, 1.807) is 36.4 Å². The molecule has 0 aliphatic heterocycles. The van der Waals surface area contributed by atoms with Crippen LogP contribution in [0, 0.1) is 0 Å². The fourth-order valence-electron chi connectivity index (χ4n) is 2.09. The second kappa shape index (κ2) is 8.75. The molecule has 0 radical (unpaired) electrons. The van der Waals surface area contributed by atoms with Crippen LogP contribution in [-0.2, 0) is 4.74 Å². The number of rotatable bonds is 6. The van der Waals surface area contributed by atoms with Gasteiger partial charge in [-0.2, -0.15) is 0 Å². The standard InChI is InChI=1S/C19H21N3O4/c1-4-12(2)20-17(23)15-6-5-7-16(22-15)18(24)21-14-10-8-13(9-11-14)19(25)26-3/h5-12H,4H2,1-3H3,(H,20,23)(H,21,24). The molecule has 0 aliphatic carbocycles. The van der Waals surface area contributed by atoms with Gasteiger partial charge >= 0.3 is 5.97 Å². The number of aromatic nitrogens is 1. The summed E-state index contributed by atoms with van der Waals surface area (Å²) in [7, 11) is 1.30. The monoisotopic (exact) mass is 355 g/mol. The Hall–Kier alpha value is -3.22. The lowest BCUT2D eigenvalue weighted by atomic mass is 10.2. The maximum absolute atomic E-state index is 12.3. The molecular formula is C19H21N3O4. The largest absolute Gasteiger partial charge is 0.465 e. The Kier molecular flexibility index (Phi) is 6.43. The van der Waals surface area contributed by atoms with Crippen LogP contribution in [0.25, 0.3) is 0 Å². The molecule has 0 bridgehead atoms. The van der Waals surface area contributed by atoms with E-state index in [0.29, 0.717) is 11.3 Å². The van der Waals surface area contributed by atoms with Gasteiger partial charge in [0, 0.05) is 11.7 Å². The maximum atomic E-state index is 12.3. The van der Waals surface area contributed by atoms with Gasteiger partial charge < -0.3 is 15.4 Å². The molecule has 7 nitrogen and oxygen atoms in total. The Morgan fingerprint density at radius 1 is 1.04 bits per heavy atom. The second-order valence-corrected chi connectivity index (χ2v) is 5.71. The van der Waals surface area contributed by atoms with Crippen molar-refractivity contribution in [2.75, 3.05) is 12.4 Å². The quantitative estimate of drug-likeness (QED) is 0.777. The summed E-state index contributed by atoms with van der Waals surface area (Å²) < 4.78 is 4.62. The van der Waals surface area contributed by atoms with E-state index >= 15 is 0 Å². The van der Waals surface area contributed by atoms with Gasteiger partial charge in [0.1, 0.15) is 11.4 Å². The van der Waals surface area contributed by atoms with Crippen molar-refractivity contribution in [1.82, 2.24) is 10.3 Å². The molecule has 7 heteroatoms. The number of methoxy groups -OCH3 is 1. The number of hydrogen-bond donors (Lipinski definition) is 2. The predicted molar refractivity (Wildman–Crippen MR) is 97.2 cm³/mol. The van der Waals surface area contributed by atoms with E-state index in [2.05, 4.69) is 20.4 Å². The van der Waals surface area contributed by atoms with Crippen molar-refractivity contribution in [3.05, 3.63) is 59.4 Å². The molecule has 2 aromatic rings. The van der Waals surface area contributed by atoms with E-state index in [1.807, 2.05) is 13.8 Å². The number of pyridine rings is 1. The number of nitrogens with zero attached hydrogens (tertiary/aromatic N) is 1. The lowest BCUT2D eigenvalue weighted by Gasteiger charge is -2.11. The Morgan fingerprint density at radius 3 is 2.23 bits per heavy atom. The molecule has 2 N–H and O–H groups in total. The minimum atomic E-state index is -0.454. The van der Waals surface area contributed by atoms with Gasteiger partial charge in [0.05, 0.1) is 12.7 Å². The normalized spacial score (nSPS) is 11.3. The Bertz CT molecular complexity index is 803. The second-order valence-electron chi connectivity index (χ2n) is 5.71. The topological polar surface area (TPSA) is 97.4 Å². The van der Waals surface area contributed by atoms with Crippen LogP contribution in [0.2, 0.25) is 0 Å². The van der Waals surface area contributed by atoms with Crippen molar-refractivity contribution in [2.45, 2.75) is 26.3 Å². The minimum Gasteiger partial charge on any atom is -0.465 e. The number of benzene rings is 1. The van der Waals surface area contributed by atoms with Gasteiger partial charge in [-0.15, -0.1) is 0 Å². The van der Waals surface area contributed by atoms with Crippen LogP contribution in [0.15, 0.2) is 42.5 Å². The van der Waals surface area contributed by atoms with Crippen molar-refractivity contribution in [3.8, 4) is 0 Å². The molecule has 1 heterocycles. The van der Waals surface area contributed by atoms with E-state index in [0.717, 1.165) is 6.42 Å². The highest BCUT2D eigenvalue weighted by atomic mass is 16.5. The van der Waals surface area contributed by atoms with E-state index in [9.17, 15) is 14.4 Å². The number of anilines is 1. The molecule has 0 saturated carbocycles. The van der Waals surface area contributed by atoms with Crippen LogP contribution in [0.4, 0.5) is 5.69 Å². The van der Waals surface area contributed by atoms with Gasteiger partial charge in [0.2, 0.25) is 0 Å². The summed E-state index contributed by atoms with van der Waals surface area (Å²) in [4.78, 5) is 40.0. The van der Waals surface area contributed by atoms with Crippen LogP contribution < -0.4 is 10.6 Å². The number of esters is 1. The number of carbonyl (C=O) groups excluding carboxylic acids is 3. The van der Waals surface area contributed by atoms with Crippen molar-refractivity contribution in [1.29, 1.82) is 0 Å². The smallest absolute Gasteiger partial charge is 0.337 e. The first kappa shape index (κ1) is 19.1. The van der Waals surface area contributed by atoms with Crippen LogP contribution in [0.5, 0.6) is 0 Å². The molecule has 0 saturated heterocycles. The number of hydrogen-bond acceptors (Lipinski definition) is 5. The molecule has 2 amide bonds. The lowest BCUT2D eigenvalue weighted by Crippen LogP contribution is -2.32. The third-order valence-corrected chi connectivity index (χ3v) is 3.77. The van der Waals surface area contributed by atoms with E-state index in [4.69, 9.17) is 0 Å². The summed E-state index contributed by atoms with van der Waals surface area (Å²) >= 11 is 0. The zero-order valence-corrected chi connectivity index (χ0v) is 14.9. The zero-order valence-electron chi connectivity index (χ0n) is 14.9. The van der Waals surface area contributed by atoms with Crippen LogP contribution in [0.1, 0.15) is 51.6 Å². The van der Waals surface area contributed by atoms with Gasteiger partial charge in [0.15, 0.2) is 0 Å². The van der Waals surface area contributed by atoms with E-state index < -0.39 is 11.9 Å². The van der Waals surface area contributed by atoms with Gasteiger partial charge in [-0.1, -0.05) is 13.0 Å². The molecular weight excluding hydrogens is 334 g/mol. The summed E-state index contributed by atoms with van der Waals surface area (Å²) in [6, 6.07) is 11.0. The van der Waals surface area contributed by atoms with Gasteiger partial charge in [0.25, 0.3) is 11.8 Å². The first-order valence-electron chi connectivity index (χ1n) is 8.22. The molecule has 1 aromatic heterocycles. The summed E-state index contributed by atoms with van der Waals surface area (Å²) in [6.07, 6.45) is 0.799. The number of amides is 2. The minimum absolute atomic E-state index is 0.0232. The molecule has 1 atom stereocenters. The number of carbonyl (C=O) groups is 3. The van der Waals surface area contributed by atoms with Crippen molar-refractivity contribution in [3.63, 3.8) is 0 Å². The zero-order chi connectivity index (χ0) is 19.1. The third kappa shape index (κ3) is 4.89. The summed E-state index contributed by atoms with van der Waals surface area (Å²) in [5.74, 6) is -1.23. The molecule has 2 rings (SSSR count). The van der Waals surface area contributed by atoms with Gasteiger partial charge in [-0.05, 0) is 49.7 Å². The van der Waals surface area contributed by atoms with E-state index in [1.165, 1.54) is 13.2 Å². The highest BCUT2D eigenvalue weighted by Gasteiger charge is 2.14. The molecule has 0 fully saturated rings. The van der Waals surface area contributed by atoms with Crippen molar-refractivity contribution in [2.24, 2.45) is 0 Å². The molecule has 0 aliphatic rings. The third-order valence-electron chi connectivity index (χ3n) is 3.77. The van der Waals surface area contributed by atoms with Gasteiger partial charge in [-0.3, -0.25) is 9.59 Å². The Morgan fingerprint density at radius 2 is 1.65 bits per heavy atom. The highest BCUT2D eigenvalue weighted by molar-refractivity contribution is 6.04. The first-order valence-corrected chi connectivity index (χ1v) is 8.22. The lowest BCUT2D eigenvalue weighted by molar-refractivity contribution is 0.0600. The molecule has 1 aromatic carbocycles. The first-order chi connectivity index (χ1) is 12.4. The van der Waals surface area contributed by atoms with Crippen LogP contribution in [0.3, 0.4) is 0 Å². The predicted octanol–water partition coefficient (Wildman–Crippen LogP) is 2.65. The number of nitrogens with one attached hydrogen (secondary N) is 2. The number of ether oxygens (including phenoxy) is 1. The highest BCUT2D eigenvalue weighted by Crippen LogP contribution is 2.12. The maximum Gasteiger partial charge on any atom is 0.337 e. The summed E-state index contributed by atoms with van der Waals surface area (Å²) in [5, 5.41) is 5.48. The summed E-state index contributed by atoms with van der Waals surface area (Å²) in [6.45, 7) is 3.86. The molecule has 1 unspecified atom stereocenters. The average molecular weight is 355 g/mol. The molecule has 136 valence electrons. The van der Waals surface area contributed by atoms with Crippen LogP contribution in [-0.4, -0.2) is 35.9 Å². The fourth-order valence-corrected chi connectivity index (χ4v) is 2.09.